The van der Waals surface area contributed by atoms with Crippen molar-refractivity contribution in [2.45, 2.75) is 77.2 Å². The summed E-state index contributed by atoms with van der Waals surface area (Å²) in [6, 6.07) is 0.715. The quantitative estimate of drug-likeness (QED) is 0.442. The first kappa shape index (κ1) is 15.3. The normalized spacial score (nSPS) is 24.4. The third kappa shape index (κ3) is 6.67. The maximum Gasteiger partial charge on any atom is 0.0266 e. The van der Waals surface area contributed by atoms with Gasteiger partial charge in [0.25, 0.3) is 0 Å². The lowest BCUT2D eigenvalue weighted by Gasteiger charge is -2.18. The molecule has 0 aliphatic heterocycles. The van der Waals surface area contributed by atoms with Crippen LogP contribution in [0.1, 0.15) is 71.1 Å². The molecule has 0 aromatic rings. The Hall–Kier alpha value is 0.250. The fraction of sp³-hybridized carbons (Fsp3) is 1.00. The molecule has 102 valence electrons. The molecule has 0 aromatic carbocycles. The van der Waals surface area contributed by atoms with Gasteiger partial charge in [-0.15, -0.1) is 11.6 Å². The number of rotatable bonds is 10. The summed E-state index contributed by atoms with van der Waals surface area (Å²) in [4.78, 5) is 0. The van der Waals surface area contributed by atoms with Gasteiger partial charge in [0.1, 0.15) is 0 Å². The van der Waals surface area contributed by atoms with E-state index in [2.05, 4.69) is 12.2 Å². The van der Waals surface area contributed by atoms with Gasteiger partial charge in [0.2, 0.25) is 0 Å². The molecule has 0 amide bonds. The van der Waals surface area contributed by atoms with Gasteiger partial charge in [0.15, 0.2) is 0 Å². The third-order valence-corrected chi connectivity index (χ3v) is 4.44. The topological polar surface area (TPSA) is 12.0 Å². The summed E-state index contributed by atoms with van der Waals surface area (Å²) in [7, 11) is 0. The van der Waals surface area contributed by atoms with Crippen molar-refractivity contribution in [1.29, 1.82) is 0 Å². The second-order valence-electron chi connectivity index (χ2n) is 5.53. The monoisotopic (exact) mass is 259 g/mol. The molecule has 17 heavy (non-hydrogen) atoms. The molecular weight excluding hydrogens is 230 g/mol. The Morgan fingerprint density at radius 1 is 1.00 bits per heavy atom. The Bertz CT molecular complexity index is 172. The lowest BCUT2D eigenvalue weighted by Crippen LogP contribution is -2.33. The van der Waals surface area contributed by atoms with Crippen LogP contribution in [0.5, 0.6) is 0 Å². The van der Waals surface area contributed by atoms with E-state index >= 15 is 0 Å². The second kappa shape index (κ2) is 10.2. The predicted octanol–water partition coefficient (Wildman–Crippen LogP) is 4.73. The molecule has 2 unspecified atom stereocenters. The van der Waals surface area contributed by atoms with Crippen molar-refractivity contribution in [2.75, 3.05) is 12.4 Å². The minimum absolute atomic E-state index is 0.715. The fourth-order valence-corrected chi connectivity index (χ4v) is 3.23. The van der Waals surface area contributed by atoms with E-state index in [0.29, 0.717) is 6.04 Å². The molecule has 0 aromatic heterocycles. The minimum atomic E-state index is 0.715. The highest BCUT2D eigenvalue weighted by Crippen LogP contribution is 2.26. The maximum atomic E-state index is 5.97. The molecule has 1 saturated carbocycles. The van der Waals surface area contributed by atoms with Gasteiger partial charge in [-0.25, -0.2) is 0 Å². The summed E-state index contributed by atoms with van der Waals surface area (Å²) < 4.78 is 0. The van der Waals surface area contributed by atoms with Crippen molar-refractivity contribution in [3.63, 3.8) is 0 Å². The number of nitrogens with one attached hydrogen (secondary N) is 1. The highest BCUT2D eigenvalue weighted by Gasteiger charge is 2.25. The highest BCUT2D eigenvalue weighted by molar-refractivity contribution is 6.18. The van der Waals surface area contributed by atoms with Crippen LogP contribution < -0.4 is 5.32 Å². The highest BCUT2D eigenvalue weighted by atomic mass is 35.5. The van der Waals surface area contributed by atoms with E-state index in [1.54, 1.807) is 0 Å². The number of hydrogen-bond acceptors (Lipinski definition) is 1. The summed E-state index contributed by atoms with van der Waals surface area (Å²) in [6.07, 6.45) is 13.8. The SMILES string of the molecule is CCCCCCCCCNC1CCCC1CCl. The van der Waals surface area contributed by atoms with Gasteiger partial charge in [-0.1, -0.05) is 51.9 Å². The predicted molar refractivity (Wildman–Crippen MR) is 77.8 cm³/mol. The third-order valence-electron chi connectivity index (χ3n) is 4.04. The van der Waals surface area contributed by atoms with Crippen LogP contribution in [0, 0.1) is 5.92 Å². The average Bonchev–Trinajstić information content (AvgIpc) is 2.80. The zero-order valence-electron chi connectivity index (χ0n) is 11.5. The molecule has 0 radical (unpaired) electrons. The first-order chi connectivity index (χ1) is 8.38. The first-order valence-corrected chi connectivity index (χ1v) is 8.21. The lowest BCUT2D eigenvalue weighted by atomic mass is 10.1. The van der Waals surface area contributed by atoms with E-state index in [4.69, 9.17) is 11.6 Å². The average molecular weight is 260 g/mol. The van der Waals surface area contributed by atoms with Gasteiger partial charge in [-0.3, -0.25) is 0 Å². The second-order valence-corrected chi connectivity index (χ2v) is 5.84. The van der Waals surface area contributed by atoms with Crippen LogP contribution in [0.2, 0.25) is 0 Å². The van der Waals surface area contributed by atoms with Gasteiger partial charge in [-0.05, 0) is 31.7 Å². The van der Waals surface area contributed by atoms with Crippen molar-refractivity contribution in [3.05, 3.63) is 0 Å². The zero-order chi connectivity index (χ0) is 12.3. The van der Waals surface area contributed by atoms with Crippen molar-refractivity contribution in [1.82, 2.24) is 5.32 Å². The van der Waals surface area contributed by atoms with Crippen LogP contribution in [0.3, 0.4) is 0 Å². The molecule has 2 atom stereocenters. The van der Waals surface area contributed by atoms with E-state index in [1.807, 2.05) is 0 Å². The summed E-state index contributed by atoms with van der Waals surface area (Å²) in [5.74, 6) is 1.58. The van der Waals surface area contributed by atoms with Crippen molar-refractivity contribution in [2.24, 2.45) is 5.92 Å². The fourth-order valence-electron chi connectivity index (χ4n) is 2.86. The van der Waals surface area contributed by atoms with E-state index in [1.165, 1.54) is 70.8 Å². The Labute approximate surface area is 113 Å². The van der Waals surface area contributed by atoms with Gasteiger partial charge in [0, 0.05) is 11.9 Å². The zero-order valence-corrected chi connectivity index (χ0v) is 12.3. The Balaban J connectivity index is 1.87. The molecule has 1 aliphatic carbocycles. The maximum absolute atomic E-state index is 5.97. The summed E-state index contributed by atoms with van der Waals surface area (Å²) in [6.45, 7) is 3.48. The summed E-state index contributed by atoms with van der Waals surface area (Å²) in [5, 5.41) is 3.70. The molecule has 0 saturated heterocycles. The Morgan fingerprint density at radius 3 is 2.41 bits per heavy atom. The largest absolute Gasteiger partial charge is 0.314 e. The van der Waals surface area contributed by atoms with Crippen molar-refractivity contribution < 1.29 is 0 Å². The van der Waals surface area contributed by atoms with E-state index in [-0.39, 0.29) is 0 Å². The smallest absolute Gasteiger partial charge is 0.0266 e. The molecule has 1 N–H and O–H groups in total. The van der Waals surface area contributed by atoms with Crippen LogP contribution in [0.25, 0.3) is 0 Å². The first-order valence-electron chi connectivity index (χ1n) is 7.67. The molecule has 0 heterocycles. The van der Waals surface area contributed by atoms with Gasteiger partial charge < -0.3 is 5.32 Å². The number of unbranched alkanes of at least 4 members (excludes halogenated alkanes) is 6. The van der Waals surface area contributed by atoms with Crippen molar-refractivity contribution in [3.8, 4) is 0 Å². The molecule has 0 spiro atoms. The van der Waals surface area contributed by atoms with Crippen LogP contribution in [0.4, 0.5) is 0 Å². The summed E-state index contributed by atoms with van der Waals surface area (Å²) in [5.41, 5.74) is 0. The molecule has 1 rings (SSSR count). The molecule has 1 nitrogen and oxygen atoms in total. The standard InChI is InChI=1S/C15H30ClN/c1-2-3-4-5-6-7-8-12-17-15-11-9-10-14(15)13-16/h14-15,17H,2-13H2,1H3. The number of hydrogen-bond donors (Lipinski definition) is 1. The molecule has 2 heteroatoms. The van der Waals surface area contributed by atoms with Gasteiger partial charge in [0.05, 0.1) is 0 Å². The van der Waals surface area contributed by atoms with E-state index in [9.17, 15) is 0 Å². The Morgan fingerprint density at radius 2 is 1.71 bits per heavy atom. The van der Waals surface area contributed by atoms with Crippen LogP contribution in [-0.2, 0) is 0 Å². The molecular formula is C15H30ClN. The van der Waals surface area contributed by atoms with Gasteiger partial charge >= 0.3 is 0 Å². The number of alkyl halides is 1. The van der Waals surface area contributed by atoms with Gasteiger partial charge in [-0.2, -0.15) is 0 Å². The Kier molecular flexibility index (Phi) is 9.18. The van der Waals surface area contributed by atoms with Crippen LogP contribution >= 0.6 is 11.6 Å². The van der Waals surface area contributed by atoms with E-state index in [0.717, 1.165) is 11.8 Å². The molecule has 1 aliphatic rings. The lowest BCUT2D eigenvalue weighted by molar-refractivity contribution is 0.422. The summed E-state index contributed by atoms with van der Waals surface area (Å²) >= 11 is 5.97. The van der Waals surface area contributed by atoms with Crippen LogP contribution in [0.15, 0.2) is 0 Å². The minimum Gasteiger partial charge on any atom is -0.314 e. The van der Waals surface area contributed by atoms with E-state index < -0.39 is 0 Å². The molecule has 1 fully saturated rings. The molecule has 0 bridgehead atoms. The number of halogens is 1. The van der Waals surface area contributed by atoms with Crippen LogP contribution in [-0.4, -0.2) is 18.5 Å². The van der Waals surface area contributed by atoms with Crippen molar-refractivity contribution >= 4 is 11.6 Å².